The fourth-order valence-electron chi connectivity index (χ4n) is 9.16. The molecule has 0 unspecified atom stereocenters. The van der Waals surface area contributed by atoms with Crippen molar-refractivity contribution in [2.75, 3.05) is 0 Å². The Morgan fingerprint density at radius 1 is 0.309 bits per heavy atom. The fraction of sp³-hybridized carbons (Fsp3) is 0. The Morgan fingerprint density at radius 3 is 1.20 bits per heavy atom. The molecule has 55 heavy (non-hydrogen) atoms. The Balaban J connectivity index is 1.25. The molecule has 0 fully saturated rings. The van der Waals surface area contributed by atoms with Crippen molar-refractivity contribution in [1.82, 2.24) is 9.13 Å². The number of fused-ring (bicyclic) bond motifs is 12. The van der Waals surface area contributed by atoms with E-state index in [0.29, 0.717) is 0 Å². The molecule has 3 aromatic heterocycles. The summed E-state index contributed by atoms with van der Waals surface area (Å²) in [7, 11) is 0. The maximum Gasteiger partial charge on any atom is 0.143 e. The lowest BCUT2D eigenvalue weighted by atomic mass is 9.92. The summed E-state index contributed by atoms with van der Waals surface area (Å²) < 4.78 is 12.0. The lowest BCUT2D eigenvalue weighted by molar-refractivity contribution is 0.636. The number of benzene rings is 9. The van der Waals surface area contributed by atoms with Gasteiger partial charge in [0.15, 0.2) is 0 Å². The van der Waals surface area contributed by atoms with Gasteiger partial charge in [-0.2, -0.15) is 0 Å². The van der Waals surface area contributed by atoms with E-state index in [4.69, 9.17) is 4.42 Å². The van der Waals surface area contributed by atoms with Gasteiger partial charge in [0.05, 0.1) is 22.1 Å². The molecule has 3 nitrogen and oxygen atoms in total. The smallest absolute Gasteiger partial charge is 0.143 e. The van der Waals surface area contributed by atoms with E-state index in [1.807, 2.05) is 0 Å². The van der Waals surface area contributed by atoms with Crippen LogP contribution in [0.25, 0.3) is 110 Å². The van der Waals surface area contributed by atoms with Crippen LogP contribution in [-0.2, 0) is 0 Å². The van der Waals surface area contributed by atoms with Crippen LogP contribution in [0.2, 0.25) is 0 Å². The van der Waals surface area contributed by atoms with Crippen molar-refractivity contribution >= 4 is 76.1 Å². The molecule has 0 saturated heterocycles. The zero-order valence-electron chi connectivity index (χ0n) is 29.8. The molecule has 0 atom stereocenters. The molecule has 0 aliphatic rings. The predicted octanol–water partition coefficient (Wildman–Crippen LogP) is 14.3. The molecule has 12 aromatic rings. The van der Waals surface area contributed by atoms with Gasteiger partial charge < -0.3 is 13.6 Å². The Kier molecular flexibility index (Phi) is 6.34. The van der Waals surface area contributed by atoms with Crippen LogP contribution in [0.5, 0.6) is 0 Å². The van der Waals surface area contributed by atoms with Crippen LogP contribution < -0.4 is 0 Å². The van der Waals surface area contributed by atoms with Crippen molar-refractivity contribution in [3.05, 3.63) is 194 Å². The summed E-state index contributed by atoms with van der Waals surface area (Å²) in [6.45, 7) is 0. The van der Waals surface area contributed by atoms with Crippen molar-refractivity contribution < 1.29 is 4.42 Å². The number of rotatable bonds is 4. The number of aromatic nitrogens is 2. The van der Waals surface area contributed by atoms with E-state index >= 15 is 0 Å². The number of hydrogen-bond donors (Lipinski definition) is 0. The summed E-state index contributed by atoms with van der Waals surface area (Å²) in [5.41, 5.74) is 11.2. The number of nitrogens with zero attached hydrogens (tertiary/aromatic N) is 2. The van der Waals surface area contributed by atoms with Gasteiger partial charge in [-0.05, 0) is 76.3 Å². The van der Waals surface area contributed by atoms with Crippen molar-refractivity contribution in [2.45, 2.75) is 0 Å². The molecule has 0 aliphatic heterocycles. The van der Waals surface area contributed by atoms with Crippen LogP contribution in [0.15, 0.2) is 199 Å². The SMILES string of the molecule is c1ccc(-c2oc3c4ccc(-n5c6ccccc6c6ccccc65)cc4c4cc(-n5c6ccccc6c6ccccc65)ccc4c3c2-c2ccccc2)cc1. The third kappa shape index (κ3) is 4.32. The number of furan rings is 1. The van der Waals surface area contributed by atoms with Crippen molar-refractivity contribution in [3.8, 4) is 33.8 Å². The first-order valence-corrected chi connectivity index (χ1v) is 18.9. The first-order chi connectivity index (χ1) is 27.3. The highest BCUT2D eigenvalue weighted by Gasteiger charge is 2.24. The summed E-state index contributed by atoms with van der Waals surface area (Å²) in [4.78, 5) is 0. The van der Waals surface area contributed by atoms with E-state index in [9.17, 15) is 0 Å². The van der Waals surface area contributed by atoms with E-state index < -0.39 is 0 Å². The predicted molar refractivity (Wildman–Crippen MR) is 231 cm³/mol. The van der Waals surface area contributed by atoms with E-state index in [1.165, 1.54) is 49.0 Å². The van der Waals surface area contributed by atoms with Crippen LogP contribution in [-0.4, -0.2) is 9.13 Å². The molecular formula is C52H32N2O. The lowest BCUT2D eigenvalue weighted by Crippen LogP contribution is -1.96. The molecule has 0 N–H and O–H groups in total. The molecule has 12 rings (SSSR count). The van der Waals surface area contributed by atoms with Gasteiger partial charge in [0, 0.05) is 54.8 Å². The highest BCUT2D eigenvalue weighted by Crippen LogP contribution is 2.48. The molecule has 3 heteroatoms. The quantitative estimate of drug-likeness (QED) is 0.168. The molecule has 0 saturated carbocycles. The zero-order chi connectivity index (χ0) is 36.0. The Bertz CT molecular complexity index is 3370. The highest BCUT2D eigenvalue weighted by atomic mass is 16.3. The Morgan fingerprint density at radius 2 is 0.709 bits per heavy atom. The minimum atomic E-state index is 0.883. The maximum absolute atomic E-state index is 7.14. The van der Waals surface area contributed by atoms with E-state index in [1.54, 1.807) is 0 Å². The van der Waals surface area contributed by atoms with E-state index in [0.717, 1.165) is 61.0 Å². The van der Waals surface area contributed by atoms with Gasteiger partial charge in [0.25, 0.3) is 0 Å². The standard InChI is InChI=1S/C52H32N2O/c1-3-15-33(16-4-1)49-50-41-29-27-35(53-45-23-11-7-19-37(45)38-20-8-12-24-46(38)53)31-43(41)44-32-36(28-30-42(44)52(50)55-51(49)34-17-5-2-6-18-34)54-47-25-13-9-21-39(47)40-22-10-14-26-48(40)54/h1-32H. The van der Waals surface area contributed by atoms with Crippen molar-refractivity contribution in [3.63, 3.8) is 0 Å². The summed E-state index contributed by atoms with van der Waals surface area (Å²) >= 11 is 0. The molecule has 0 amide bonds. The topological polar surface area (TPSA) is 23.0 Å². The second-order valence-corrected chi connectivity index (χ2v) is 14.4. The molecule has 3 heterocycles. The second kappa shape index (κ2) is 11.6. The summed E-state index contributed by atoms with van der Waals surface area (Å²) in [5, 5.41) is 10.7. The van der Waals surface area contributed by atoms with Gasteiger partial charge in [-0.1, -0.05) is 140 Å². The second-order valence-electron chi connectivity index (χ2n) is 14.4. The highest BCUT2D eigenvalue weighted by molar-refractivity contribution is 6.29. The van der Waals surface area contributed by atoms with Gasteiger partial charge in [-0.15, -0.1) is 0 Å². The largest absolute Gasteiger partial charge is 0.455 e. The maximum atomic E-state index is 7.14. The Hall–Kier alpha value is -7.36. The third-order valence-corrected chi connectivity index (χ3v) is 11.5. The minimum Gasteiger partial charge on any atom is -0.455 e. The molecule has 256 valence electrons. The number of hydrogen-bond acceptors (Lipinski definition) is 1. The van der Waals surface area contributed by atoms with Crippen molar-refractivity contribution in [2.24, 2.45) is 0 Å². The van der Waals surface area contributed by atoms with Crippen LogP contribution in [0, 0.1) is 0 Å². The monoisotopic (exact) mass is 700 g/mol. The van der Waals surface area contributed by atoms with Crippen LogP contribution in [0.1, 0.15) is 0 Å². The molecule has 0 radical (unpaired) electrons. The van der Waals surface area contributed by atoms with Crippen LogP contribution in [0.4, 0.5) is 0 Å². The molecule has 0 bridgehead atoms. The lowest BCUT2D eigenvalue weighted by Gasteiger charge is -2.14. The average molecular weight is 701 g/mol. The van der Waals surface area contributed by atoms with Gasteiger partial charge in [0.1, 0.15) is 11.3 Å². The van der Waals surface area contributed by atoms with Gasteiger partial charge >= 0.3 is 0 Å². The van der Waals surface area contributed by atoms with E-state index in [2.05, 4.69) is 203 Å². The molecule has 0 aliphatic carbocycles. The Labute approximate surface area is 316 Å². The first kappa shape index (κ1) is 30.1. The van der Waals surface area contributed by atoms with Crippen LogP contribution >= 0.6 is 0 Å². The van der Waals surface area contributed by atoms with Gasteiger partial charge in [-0.25, -0.2) is 0 Å². The minimum absolute atomic E-state index is 0.883. The summed E-state index contributed by atoms with van der Waals surface area (Å²) in [6, 6.07) is 70.1. The van der Waals surface area contributed by atoms with Gasteiger partial charge in [0.2, 0.25) is 0 Å². The zero-order valence-corrected chi connectivity index (χ0v) is 29.8. The van der Waals surface area contributed by atoms with Crippen LogP contribution in [0.3, 0.4) is 0 Å². The van der Waals surface area contributed by atoms with E-state index in [-0.39, 0.29) is 0 Å². The number of para-hydroxylation sites is 4. The summed E-state index contributed by atoms with van der Waals surface area (Å²) in [5.74, 6) is 0.883. The molecular weight excluding hydrogens is 669 g/mol. The third-order valence-electron chi connectivity index (χ3n) is 11.5. The fourth-order valence-corrected chi connectivity index (χ4v) is 9.16. The molecule has 9 aromatic carbocycles. The molecule has 0 spiro atoms. The average Bonchev–Trinajstić information content (AvgIpc) is 3.93. The van der Waals surface area contributed by atoms with Gasteiger partial charge in [-0.3, -0.25) is 0 Å². The van der Waals surface area contributed by atoms with Crippen molar-refractivity contribution in [1.29, 1.82) is 0 Å². The first-order valence-electron chi connectivity index (χ1n) is 18.9. The summed E-state index contributed by atoms with van der Waals surface area (Å²) in [6.07, 6.45) is 0. The normalized spacial score (nSPS) is 12.0.